The Morgan fingerprint density at radius 1 is 1.09 bits per heavy atom. The normalized spacial score (nSPS) is 17.6. The van der Waals surface area contributed by atoms with E-state index in [1.807, 2.05) is 0 Å². The van der Waals surface area contributed by atoms with Crippen molar-refractivity contribution >= 4 is 0 Å². The topological polar surface area (TPSA) is 64.9 Å². The summed E-state index contributed by atoms with van der Waals surface area (Å²) in [4.78, 5) is 4.53. The molecule has 1 aromatic heterocycles. The Kier molecular flexibility index (Phi) is 4.28. The van der Waals surface area contributed by atoms with Gasteiger partial charge in [0.25, 0.3) is 0 Å². The van der Waals surface area contributed by atoms with Gasteiger partial charge in [0, 0.05) is 6.42 Å². The minimum atomic E-state index is -0.365. The van der Waals surface area contributed by atoms with Gasteiger partial charge in [-0.1, -0.05) is 63.0 Å². The zero-order valence-electron chi connectivity index (χ0n) is 14.4. The minimum absolute atomic E-state index is 0.191. The maximum Gasteiger partial charge on any atom is 0.227 e. The van der Waals surface area contributed by atoms with E-state index in [1.54, 1.807) is 0 Å². The smallest absolute Gasteiger partial charge is 0.227 e. The van der Waals surface area contributed by atoms with Gasteiger partial charge < -0.3 is 10.3 Å². The maximum atomic E-state index is 6.37. The molecular formula is C19H27N3O. The largest absolute Gasteiger partial charge is 0.339 e. The minimum Gasteiger partial charge on any atom is -0.339 e. The van der Waals surface area contributed by atoms with Crippen LogP contribution >= 0.6 is 0 Å². The predicted octanol–water partition coefficient (Wildman–Crippen LogP) is 3.88. The molecule has 2 aromatic rings. The Bertz CT molecular complexity index is 646. The van der Waals surface area contributed by atoms with Gasteiger partial charge >= 0.3 is 0 Å². The van der Waals surface area contributed by atoms with Gasteiger partial charge in [-0.05, 0) is 35.8 Å². The van der Waals surface area contributed by atoms with Crippen molar-refractivity contribution in [2.24, 2.45) is 5.73 Å². The van der Waals surface area contributed by atoms with Crippen LogP contribution < -0.4 is 5.73 Å². The van der Waals surface area contributed by atoms with Gasteiger partial charge in [0.15, 0.2) is 5.82 Å². The van der Waals surface area contributed by atoms with E-state index in [9.17, 15) is 0 Å². The zero-order chi connectivity index (χ0) is 16.5. The highest BCUT2D eigenvalue weighted by Crippen LogP contribution is 2.34. The fourth-order valence-corrected chi connectivity index (χ4v) is 3.21. The van der Waals surface area contributed by atoms with E-state index in [1.165, 1.54) is 11.1 Å². The lowest BCUT2D eigenvalue weighted by Gasteiger charge is -2.19. The van der Waals surface area contributed by atoms with Crippen molar-refractivity contribution in [1.29, 1.82) is 0 Å². The number of rotatable bonds is 4. The fourth-order valence-electron chi connectivity index (χ4n) is 3.21. The Hall–Kier alpha value is -1.68. The van der Waals surface area contributed by atoms with Crippen LogP contribution in [0.3, 0.4) is 0 Å². The van der Waals surface area contributed by atoms with Crippen LogP contribution in [0, 0.1) is 0 Å². The Balaban J connectivity index is 1.61. The van der Waals surface area contributed by atoms with Crippen LogP contribution in [0.5, 0.6) is 0 Å². The SMILES string of the molecule is CC(C)(C)c1ccc(CCc2nc(C3(N)CCCC3)no2)cc1. The second kappa shape index (κ2) is 6.08. The molecule has 1 aliphatic rings. The molecule has 4 nitrogen and oxygen atoms in total. The summed E-state index contributed by atoms with van der Waals surface area (Å²) in [5.41, 5.74) is 8.85. The molecule has 0 atom stereocenters. The Labute approximate surface area is 138 Å². The van der Waals surface area contributed by atoms with Gasteiger partial charge in [0.2, 0.25) is 5.89 Å². The van der Waals surface area contributed by atoms with Crippen LogP contribution in [0.2, 0.25) is 0 Å². The van der Waals surface area contributed by atoms with Crippen LogP contribution in [0.25, 0.3) is 0 Å². The summed E-state index contributed by atoms with van der Waals surface area (Å²) in [6.45, 7) is 6.69. The summed E-state index contributed by atoms with van der Waals surface area (Å²) in [6, 6.07) is 8.81. The summed E-state index contributed by atoms with van der Waals surface area (Å²) in [7, 11) is 0. The van der Waals surface area contributed by atoms with Crippen molar-refractivity contribution in [3.8, 4) is 0 Å². The zero-order valence-corrected chi connectivity index (χ0v) is 14.4. The second-order valence-electron chi connectivity index (χ2n) is 7.82. The van der Waals surface area contributed by atoms with E-state index in [-0.39, 0.29) is 11.0 Å². The van der Waals surface area contributed by atoms with Crippen molar-refractivity contribution in [1.82, 2.24) is 10.1 Å². The van der Waals surface area contributed by atoms with Crippen LogP contribution in [-0.4, -0.2) is 10.1 Å². The van der Waals surface area contributed by atoms with Crippen molar-refractivity contribution in [2.45, 2.75) is 70.3 Å². The van der Waals surface area contributed by atoms with Crippen LogP contribution in [0.1, 0.15) is 69.3 Å². The maximum absolute atomic E-state index is 6.37. The highest BCUT2D eigenvalue weighted by atomic mass is 16.5. The highest BCUT2D eigenvalue weighted by Gasteiger charge is 2.35. The molecule has 0 amide bonds. The standard InChI is InChI=1S/C19H27N3O/c1-18(2,3)15-9-6-14(7-10-15)8-11-16-21-17(22-23-16)19(20)12-4-5-13-19/h6-7,9-10H,4-5,8,11-13,20H2,1-3H3. The molecule has 0 spiro atoms. The average molecular weight is 313 g/mol. The van der Waals surface area contributed by atoms with Crippen LogP contribution in [-0.2, 0) is 23.8 Å². The quantitative estimate of drug-likeness (QED) is 0.930. The van der Waals surface area contributed by atoms with E-state index in [0.717, 1.165) is 38.5 Å². The molecule has 0 saturated heterocycles. The molecule has 0 aliphatic heterocycles. The lowest BCUT2D eigenvalue weighted by molar-refractivity contribution is 0.348. The van der Waals surface area contributed by atoms with Gasteiger partial charge in [-0.15, -0.1) is 0 Å². The first kappa shape index (κ1) is 16.2. The number of nitrogens with two attached hydrogens (primary N) is 1. The first-order valence-electron chi connectivity index (χ1n) is 8.58. The number of nitrogens with zero attached hydrogens (tertiary/aromatic N) is 2. The molecule has 4 heteroatoms. The third-order valence-electron chi connectivity index (χ3n) is 4.86. The van der Waals surface area contributed by atoms with Gasteiger partial charge in [0.1, 0.15) is 0 Å². The molecule has 1 aliphatic carbocycles. The number of aryl methyl sites for hydroxylation is 2. The molecule has 0 radical (unpaired) electrons. The van der Waals surface area contributed by atoms with E-state index >= 15 is 0 Å². The molecule has 3 rings (SSSR count). The van der Waals surface area contributed by atoms with Crippen LogP contribution in [0.4, 0.5) is 0 Å². The van der Waals surface area contributed by atoms with Crippen LogP contribution in [0.15, 0.2) is 28.8 Å². The van der Waals surface area contributed by atoms with E-state index in [2.05, 4.69) is 55.2 Å². The monoisotopic (exact) mass is 313 g/mol. The van der Waals surface area contributed by atoms with Crippen molar-refractivity contribution in [2.75, 3.05) is 0 Å². The number of benzene rings is 1. The molecule has 23 heavy (non-hydrogen) atoms. The molecule has 1 fully saturated rings. The Morgan fingerprint density at radius 2 is 1.74 bits per heavy atom. The predicted molar refractivity (Wildman–Crippen MR) is 91.2 cm³/mol. The molecule has 0 unspecified atom stereocenters. The fraction of sp³-hybridized carbons (Fsp3) is 0.579. The van der Waals surface area contributed by atoms with Gasteiger partial charge in [0.05, 0.1) is 5.54 Å². The van der Waals surface area contributed by atoms with Gasteiger partial charge in [-0.25, -0.2) is 0 Å². The summed E-state index contributed by atoms with van der Waals surface area (Å²) in [6.07, 6.45) is 5.89. The van der Waals surface area contributed by atoms with Crippen molar-refractivity contribution in [3.05, 3.63) is 47.1 Å². The molecule has 0 bridgehead atoms. The second-order valence-corrected chi connectivity index (χ2v) is 7.82. The van der Waals surface area contributed by atoms with E-state index in [4.69, 9.17) is 10.3 Å². The van der Waals surface area contributed by atoms with E-state index < -0.39 is 0 Å². The lowest BCUT2D eigenvalue weighted by atomic mass is 9.86. The summed E-state index contributed by atoms with van der Waals surface area (Å²) < 4.78 is 5.40. The van der Waals surface area contributed by atoms with Crippen molar-refractivity contribution in [3.63, 3.8) is 0 Å². The first-order valence-corrected chi connectivity index (χ1v) is 8.58. The third kappa shape index (κ3) is 3.63. The molecule has 2 N–H and O–H groups in total. The molecule has 1 heterocycles. The molecule has 124 valence electrons. The molecule has 1 aromatic carbocycles. The van der Waals surface area contributed by atoms with E-state index in [0.29, 0.717) is 11.7 Å². The average Bonchev–Trinajstić information content (AvgIpc) is 3.14. The molecule has 1 saturated carbocycles. The number of hydrogen-bond acceptors (Lipinski definition) is 4. The summed E-state index contributed by atoms with van der Waals surface area (Å²) >= 11 is 0. The summed E-state index contributed by atoms with van der Waals surface area (Å²) in [5, 5.41) is 4.12. The number of aromatic nitrogens is 2. The number of hydrogen-bond donors (Lipinski definition) is 1. The first-order chi connectivity index (χ1) is 10.9. The molecular weight excluding hydrogens is 286 g/mol. The van der Waals surface area contributed by atoms with Crippen molar-refractivity contribution < 1.29 is 4.52 Å². The third-order valence-corrected chi connectivity index (χ3v) is 4.86. The van der Waals surface area contributed by atoms with Gasteiger partial charge in [-0.2, -0.15) is 4.98 Å². The Morgan fingerprint density at radius 3 is 2.35 bits per heavy atom. The lowest BCUT2D eigenvalue weighted by Crippen LogP contribution is -2.34. The summed E-state index contributed by atoms with van der Waals surface area (Å²) in [5.74, 6) is 1.38. The highest BCUT2D eigenvalue weighted by molar-refractivity contribution is 5.27. The van der Waals surface area contributed by atoms with Gasteiger partial charge in [-0.3, -0.25) is 0 Å².